The Kier molecular flexibility index (Phi) is 5.01. The molecule has 3 heterocycles. The van der Waals surface area contributed by atoms with Gasteiger partial charge < -0.3 is 23.7 Å². The van der Waals surface area contributed by atoms with Crippen molar-refractivity contribution in [2.75, 3.05) is 19.3 Å². The van der Waals surface area contributed by atoms with Crippen LogP contribution in [0.2, 0.25) is 0 Å². The molecule has 1 saturated heterocycles. The molecule has 3 aromatic rings. The molecule has 11 heteroatoms. The minimum atomic E-state index is -3.32. The highest BCUT2D eigenvalue weighted by Gasteiger charge is 2.23. The normalized spacial score (nSPS) is 15.8. The smallest absolute Gasteiger partial charge is 0.407 e. The Bertz CT molecular complexity index is 1140. The Labute approximate surface area is 166 Å². The lowest BCUT2D eigenvalue weighted by molar-refractivity contribution is -0.00295. The first-order valence-electron chi connectivity index (χ1n) is 8.96. The number of rotatable bonds is 5. The number of furan rings is 1. The summed E-state index contributed by atoms with van der Waals surface area (Å²) < 4.78 is 40.0. The van der Waals surface area contributed by atoms with Gasteiger partial charge in [0.15, 0.2) is 21.4 Å². The molecule has 1 N–H and O–H groups in total. The van der Waals surface area contributed by atoms with E-state index in [1.807, 2.05) is 0 Å². The molecular weight excluding hydrogens is 402 g/mol. The van der Waals surface area contributed by atoms with Gasteiger partial charge in [-0.1, -0.05) is 5.16 Å². The van der Waals surface area contributed by atoms with E-state index in [0.29, 0.717) is 48.5 Å². The number of hydrogen-bond donors (Lipinski definition) is 1. The van der Waals surface area contributed by atoms with Crippen LogP contribution >= 0.6 is 0 Å². The number of ether oxygens (including phenoxy) is 1. The van der Waals surface area contributed by atoms with E-state index in [4.69, 9.17) is 18.8 Å². The average molecular weight is 421 g/mol. The molecule has 0 aliphatic carbocycles. The summed E-state index contributed by atoms with van der Waals surface area (Å²) in [6.07, 6.45) is 1.39. The van der Waals surface area contributed by atoms with Crippen molar-refractivity contribution in [3.05, 3.63) is 30.1 Å². The van der Waals surface area contributed by atoms with Crippen molar-refractivity contribution in [1.29, 1.82) is 0 Å². The minimum absolute atomic E-state index is 0.0619. The topological polar surface area (TPSA) is 136 Å². The number of carboxylic acid groups (broad SMARTS) is 1. The van der Waals surface area contributed by atoms with Crippen molar-refractivity contribution in [2.45, 2.75) is 30.4 Å². The number of likely N-dealkylation sites (tertiary alicyclic amines) is 1. The van der Waals surface area contributed by atoms with Gasteiger partial charge in [-0.2, -0.15) is 4.98 Å². The fourth-order valence-electron chi connectivity index (χ4n) is 3.18. The molecule has 0 radical (unpaired) electrons. The van der Waals surface area contributed by atoms with Crippen LogP contribution in [0.4, 0.5) is 4.79 Å². The summed E-state index contributed by atoms with van der Waals surface area (Å²) in [5, 5.41) is 13.5. The molecule has 0 unspecified atom stereocenters. The monoisotopic (exact) mass is 421 g/mol. The Balaban J connectivity index is 1.42. The first-order valence-corrected chi connectivity index (χ1v) is 10.8. The summed E-state index contributed by atoms with van der Waals surface area (Å²) >= 11 is 0. The van der Waals surface area contributed by atoms with Gasteiger partial charge in [0, 0.05) is 24.7 Å². The van der Waals surface area contributed by atoms with Crippen LogP contribution in [0.1, 0.15) is 18.7 Å². The molecule has 154 valence electrons. The molecule has 0 bridgehead atoms. The van der Waals surface area contributed by atoms with Gasteiger partial charge in [-0.25, -0.2) is 13.2 Å². The summed E-state index contributed by atoms with van der Waals surface area (Å²) in [4.78, 5) is 16.7. The van der Waals surface area contributed by atoms with Gasteiger partial charge in [0.1, 0.15) is 12.2 Å². The van der Waals surface area contributed by atoms with E-state index in [-0.39, 0.29) is 23.5 Å². The Morgan fingerprint density at radius 2 is 2.07 bits per heavy atom. The van der Waals surface area contributed by atoms with Gasteiger partial charge in [0.25, 0.3) is 5.89 Å². The van der Waals surface area contributed by atoms with E-state index >= 15 is 0 Å². The van der Waals surface area contributed by atoms with E-state index in [1.54, 1.807) is 12.1 Å². The minimum Gasteiger partial charge on any atom is -0.465 e. The molecule has 10 nitrogen and oxygen atoms in total. The number of sulfone groups is 1. The lowest BCUT2D eigenvalue weighted by atomic mass is 10.1. The van der Waals surface area contributed by atoms with Crippen LogP contribution in [0.3, 0.4) is 0 Å². The molecule has 2 aromatic heterocycles. The highest BCUT2D eigenvalue weighted by molar-refractivity contribution is 7.90. The SMILES string of the molecule is CS(=O)(=O)c1ccc2oc(-c3nc(COC4CCN(C(=O)O)CC4)no3)cc2c1. The van der Waals surface area contributed by atoms with Crippen molar-refractivity contribution in [3.8, 4) is 11.7 Å². The van der Waals surface area contributed by atoms with E-state index in [9.17, 15) is 13.2 Å². The van der Waals surface area contributed by atoms with E-state index in [1.165, 1.54) is 17.0 Å². The van der Waals surface area contributed by atoms with Crippen LogP contribution in [-0.4, -0.2) is 60.1 Å². The fourth-order valence-corrected chi connectivity index (χ4v) is 3.83. The number of carbonyl (C=O) groups is 1. The molecule has 0 spiro atoms. The summed E-state index contributed by atoms with van der Waals surface area (Å²) in [7, 11) is -3.32. The molecule has 1 amide bonds. The summed E-state index contributed by atoms with van der Waals surface area (Å²) in [6.45, 7) is 1.01. The zero-order valence-electron chi connectivity index (χ0n) is 15.6. The Morgan fingerprint density at radius 1 is 1.31 bits per heavy atom. The van der Waals surface area contributed by atoms with Gasteiger partial charge in [0.2, 0.25) is 0 Å². The molecule has 4 rings (SSSR count). The highest BCUT2D eigenvalue weighted by atomic mass is 32.2. The summed E-state index contributed by atoms with van der Waals surface area (Å²) in [5.41, 5.74) is 0.508. The lowest BCUT2D eigenvalue weighted by Crippen LogP contribution is -2.40. The van der Waals surface area contributed by atoms with Crippen LogP contribution in [0.5, 0.6) is 0 Å². The first kappa shape index (κ1) is 19.4. The van der Waals surface area contributed by atoms with Crippen LogP contribution in [-0.2, 0) is 21.2 Å². The molecule has 29 heavy (non-hydrogen) atoms. The predicted octanol–water partition coefficient (Wildman–Crippen LogP) is 2.55. The van der Waals surface area contributed by atoms with Gasteiger partial charge in [0.05, 0.1) is 11.0 Å². The van der Waals surface area contributed by atoms with Crippen molar-refractivity contribution in [3.63, 3.8) is 0 Å². The second-order valence-corrected chi connectivity index (χ2v) is 8.89. The van der Waals surface area contributed by atoms with Crippen molar-refractivity contribution < 1.29 is 32.0 Å². The number of piperidine rings is 1. The maximum absolute atomic E-state index is 11.7. The van der Waals surface area contributed by atoms with Crippen molar-refractivity contribution in [1.82, 2.24) is 15.0 Å². The standard InChI is InChI=1S/C18H19N3O7S/c1-29(24,25)13-2-3-14-11(8-13)9-15(27-14)17-19-16(20-28-17)10-26-12-4-6-21(7-5-12)18(22)23/h2-3,8-9,12H,4-7,10H2,1H3,(H,22,23). The van der Waals surface area contributed by atoms with Crippen LogP contribution in [0.15, 0.2) is 38.1 Å². The molecular formula is C18H19N3O7S. The quantitative estimate of drug-likeness (QED) is 0.659. The number of fused-ring (bicyclic) bond motifs is 1. The van der Waals surface area contributed by atoms with Gasteiger partial charge in [-0.15, -0.1) is 0 Å². The first-order chi connectivity index (χ1) is 13.8. The molecule has 1 fully saturated rings. The Morgan fingerprint density at radius 3 is 2.76 bits per heavy atom. The number of hydrogen-bond acceptors (Lipinski definition) is 8. The zero-order valence-corrected chi connectivity index (χ0v) is 16.4. The average Bonchev–Trinajstić information content (AvgIpc) is 3.32. The second-order valence-electron chi connectivity index (χ2n) is 6.88. The fraction of sp³-hybridized carbons (Fsp3) is 0.389. The van der Waals surface area contributed by atoms with Gasteiger partial charge in [-0.3, -0.25) is 0 Å². The lowest BCUT2D eigenvalue weighted by Gasteiger charge is -2.29. The summed E-state index contributed by atoms with van der Waals surface area (Å²) in [5.74, 6) is 0.846. The van der Waals surface area contributed by atoms with E-state index < -0.39 is 15.9 Å². The number of nitrogens with zero attached hydrogens (tertiary/aromatic N) is 3. The third-order valence-corrected chi connectivity index (χ3v) is 5.87. The highest BCUT2D eigenvalue weighted by Crippen LogP contribution is 2.28. The maximum Gasteiger partial charge on any atom is 0.407 e. The van der Waals surface area contributed by atoms with Crippen LogP contribution in [0.25, 0.3) is 22.6 Å². The van der Waals surface area contributed by atoms with E-state index in [0.717, 1.165) is 6.26 Å². The Hall–Kier alpha value is -2.92. The number of aromatic nitrogens is 2. The molecule has 1 aromatic carbocycles. The third kappa shape index (κ3) is 4.25. The van der Waals surface area contributed by atoms with Gasteiger partial charge in [-0.05, 0) is 37.1 Å². The maximum atomic E-state index is 11.7. The molecule has 0 saturated carbocycles. The summed E-state index contributed by atoms with van der Waals surface area (Å²) in [6, 6.07) is 6.23. The zero-order chi connectivity index (χ0) is 20.6. The predicted molar refractivity (Wildman–Crippen MR) is 100 cm³/mol. The third-order valence-electron chi connectivity index (χ3n) is 4.76. The van der Waals surface area contributed by atoms with Crippen LogP contribution in [0, 0.1) is 0 Å². The second kappa shape index (κ2) is 7.48. The van der Waals surface area contributed by atoms with Gasteiger partial charge >= 0.3 is 6.09 Å². The molecule has 1 aliphatic rings. The molecule has 1 aliphatic heterocycles. The number of benzene rings is 1. The van der Waals surface area contributed by atoms with Crippen molar-refractivity contribution in [2.24, 2.45) is 0 Å². The van der Waals surface area contributed by atoms with E-state index in [2.05, 4.69) is 10.1 Å². The van der Waals surface area contributed by atoms with Crippen molar-refractivity contribution >= 4 is 26.9 Å². The number of amides is 1. The molecule has 0 atom stereocenters. The largest absolute Gasteiger partial charge is 0.465 e. The van der Waals surface area contributed by atoms with Crippen LogP contribution < -0.4 is 0 Å².